The molecule has 3 nitrogen and oxygen atoms in total. The normalized spacial score (nSPS) is 18.0. The second-order valence-electron chi connectivity index (χ2n) is 3.95. The van der Waals surface area contributed by atoms with Gasteiger partial charge in [0.25, 0.3) is 0 Å². The van der Waals surface area contributed by atoms with Crippen LogP contribution >= 0.6 is 0 Å². The zero-order valence-corrected chi connectivity index (χ0v) is 7.41. The van der Waals surface area contributed by atoms with Crippen LogP contribution in [0, 0.1) is 5.41 Å². The van der Waals surface area contributed by atoms with Gasteiger partial charge in [0.15, 0.2) is 0 Å². The van der Waals surface area contributed by atoms with E-state index in [0.717, 1.165) is 0 Å². The van der Waals surface area contributed by atoms with Crippen molar-refractivity contribution in [2.45, 2.75) is 39.4 Å². The van der Waals surface area contributed by atoms with Crippen molar-refractivity contribution in [2.75, 3.05) is 6.61 Å². The summed E-state index contributed by atoms with van der Waals surface area (Å²) < 4.78 is 0. The van der Waals surface area contributed by atoms with E-state index in [1.54, 1.807) is 0 Å². The average molecular weight is 162 g/mol. The molecule has 2 atom stereocenters. The molecule has 0 bridgehead atoms. The molecule has 0 saturated heterocycles. The van der Waals surface area contributed by atoms with Gasteiger partial charge in [-0.25, -0.2) is 0 Å². The molecular formula is C8H18O3. The molecule has 0 saturated carbocycles. The zero-order valence-electron chi connectivity index (χ0n) is 7.41. The number of rotatable bonds is 3. The van der Waals surface area contributed by atoms with Crippen LogP contribution in [0.3, 0.4) is 0 Å². The highest BCUT2D eigenvalue weighted by Crippen LogP contribution is 2.22. The quantitative estimate of drug-likeness (QED) is 0.553. The van der Waals surface area contributed by atoms with Gasteiger partial charge in [0, 0.05) is 6.42 Å². The molecule has 0 spiro atoms. The Bertz CT molecular complexity index is 106. The van der Waals surface area contributed by atoms with Gasteiger partial charge in [-0.15, -0.1) is 0 Å². The molecule has 0 rings (SSSR count). The van der Waals surface area contributed by atoms with Gasteiger partial charge < -0.3 is 15.3 Å². The minimum Gasteiger partial charge on any atom is -0.394 e. The SMILES string of the molecule is CC(C)(C)[C@H](O)C[C@@H](O)CO. The number of hydrogen-bond donors (Lipinski definition) is 3. The van der Waals surface area contributed by atoms with E-state index in [1.165, 1.54) is 0 Å². The van der Waals surface area contributed by atoms with E-state index in [2.05, 4.69) is 0 Å². The average Bonchev–Trinajstić information content (AvgIpc) is 1.85. The van der Waals surface area contributed by atoms with Crippen molar-refractivity contribution in [1.29, 1.82) is 0 Å². The molecule has 0 aromatic carbocycles. The van der Waals surface area contributed by atoms with E-state index in [9.17, 15) is 5.11 Å². The lowest BCUT2D eigenvalue weighted by Gasteiger charge is -2.27. The van der Waals surface area contributed by atoms with E-state index in [1.807, 2.05) is 20.8 Å². The molecule has 0 fully saturated rings. The third kappa shape index (κ3) is 4.35. The highest BCUT2D eigenvalue weighted by molar-refractivity contribution is 4.75. The maximum atomic E-state index is 9.42. The topological polar surface area (TPSA) is 60.7 Å². The molecule has 0 aromatic heterocycles. The number of hydrogen-bond acceptors (Lipinski definition) is 3. The Morgan fingerprint density at radius 3 is 1.91 bits per heavy atom. The van der Waals surface area contributed by atoms with Crippen LogP contribution < -0.4 is 0 Å². The zero-order chi connectivity index (χ0) is 9.07. The first-order chi connectivity index (χ1) is 4.88. The smallest absolute Gasteiger partial charge is 0.0795 e. The Morgan fingerprint density at radius 1 is 1.18 bits per heavy atom. The van der Waals surface area contributed by atoms with Crippen molar-refractivity contribution in [3.63, 3.8) is 0 Å². The predicted octanol–water partition coefficient (Wildman–Crippen LogP) is 0.137. The van der Waals surface area contributed by atoms with E-state index in [4.69, 9.17) is 10.2 Å². The van der Waals surface area contributed by atoms with Crippen LogP contribution in [0.25, 0.3) is 0 Å². The van der Waals surface area contributed by atoms with Crippen LogP contribution in [0.15, 0.2) is 0 Å². The maximum Gasteiger partial charge on any atom is 0.0795 e. The summed E-state index contributed by atoms with van der Waals surface area (Å²) in [6.07, 6.45) is -1.13. The summed E-state index contributed by atoms with van der Waals surface area (Å²) in [4.78, 5) is 0. The highest BCUT2D eigenvalue weighted by atomic mass is 16.3. The second kappa shape index (κ2) is 4.04. The van der Waals surface area contributed by atoms with Crippen molar-refractivity contribution in [3.8, 4) is 0 Å². The van der Waals surface area contributed by atoms with E-state index in [-0.39, 0.29) is 18.4 Å². The number of aliphatic hydroxyl groups excluding tert-OH is 3. The molecule has 0 aromatic rings. The fraction of sp³-hybridized carbons (Fsp3) is 1.00. The molecule has 0 aliphatic rings. The molecule has 0 unspecified atom stereocenters. The first kappa shape index (κ1) is 10.9. The van der Waals surface area contributed by atoms with Crippen molar-refractivity contribution in [1.82, 2.24) is 0 Å². The van der Waals surface area contributed by atoms with E-state index >= 15 is 0 Å². The summed E-state index contributed by atoms with van der Waals surface area (Å²) in [5.41, 5.74) is -0.226. The molecule has 68 valence electrons. The summed E-state index contributed by atoms with van der Waals surface area (Å²) in [6.45, 7) is 5.39. The third-order valence-corrected chi connectivity index (χ3v) is 1.71. The molecule has 0 aliphatic carbocycles. The van der Waals surface area contributed by atoms with Crippen molar-refractivity contribution < 1.29 is 15.3 Å². The van der Waals surface area contributed by atoms with Crippen LogP contribution in [0.2, 0.25) is 0 Å². The first-order valence-corrected chi connectivity index (χ1v) is 3.85. The van der Waals surface area contributed by atoms with Crippen LogP contribution in [-0.2, 0) is 0 Å². The van der Waals surface area contributed by atoms with Gasteiger partial charge in [0.1, 0.15) is 0 Å². The number of aliphatic hydroxyl groups is 3. The lowest BCUT2D eigenvalue weighted by molar-refractivity contribution is -0.00433. The third-order valence-electron chi connectivity index (χ3n) is 1.71. The molecule has 0 radical (unpaired) electrons. The van der Waals surface area contributed by atoms with Crippen molar-refractivity contribution in [3.05, 3.63) is 0 Å². The van der Waals surface area contributed by atoms with E-state index < -0.39 is 12.2 Å². The van der Waals surface area contributed by atoms with Gasteiger partial charge >= 0.3 is 0 Å². The summed E-state index contributed by atoms with van der Waals surface area (Å²) in [5, 5.41) is 26.9. The largest absolute Gasteiger partial charge is 0.394 e. The van der Waals surface area contributed by atoms with Crippen molar-refractivity contribution >= 4 is 0 Å². The van der Waals surface area contributed by atoms with Crippen molar-refractivity contribution in [2.24, 2.45) is 5.41 Å². The Balaban J connectivity index is 3.77. The molecule has 0 amide bonds. The Hall–Kier alpha value is -0.120. The van der Waals surface area contributed by atoms with Gasteiger partial charge in [-0.1, -0.05) is 20.8 Å². The molecule has 3 heteroatoms. The minimum atomic E-state index is -0.802. The van der Waals surface area contributed by atoms with Gasteiger partial charge in [-0.05, 0) is 5.41 Å². The van der Waals surface area contributed by atoms with Gasteiger partial charge in [-0.2, -0.15) is 0 Å². The Labute approximate surface area is 67.7 Å². The van der Waals surface area contributed by atoms with Gasteiger partial charge in [-0.3, -0.25) is 0 Å². The van der Waals surface area contributed by atoms with Crippen LogP contribution in [-0.4, -0.2) is 34.1 Å². The Kier molecular flexibility index (Phi) is 4.00. The molecule has 3 N–H and O–H groups in total. The summed E-state index contributed by atoms with van der Waals surface area (Å²) >= 11 is 0. The minimum absolute atomic E-state index is 0.226. The van der Waals surface area contributed by atoms with Gasteiger partial charge in [0.2, 0.25) is 0 Å². The summed E-state index contributed by atoms with van der Waals surface area (Å²) in [5.74, 6) is 0. The standard InChI is InChI=1S/C8H18O3/c1-8(2,3)7(11)4-6(10)5-9/h6-7,9-11H,4-5H2,1-3H3/t6-,7-/m1/s1. The lowest BCUT2D eigenvalue weighted by Crippen LogP contribution is -2.31. The highest BCUT2D eigenvalue weighted by Gasteiger charge is 2.24. The fourth-order valence-corrected chi connectivity index (χ4v) is 0.686. The lowest BCUT2D eigenvalue weighted by atomic mass is 9.86. The van der Waals surface area contributed by atoms with Crippen LogP contribution in [0.1, 0.15) is 27.2 Å². The molecule has 11 heavy (non-hydrogen) atoms. The maximum absolute atomic E-state index is 9.42. The summed E-state index contributed by atoms with van der Waals surface area (Å²) in [7, 11) is 0. The molecular weight excluding hydrogens is 144 g/mol. The fourth-order valence-electron chi connectivity index (χ4n) is 0.686. The first-order valence-electron chi connectivity index (χ1n) is 3.85. The van der Waals surface area contributed by atoms with E-state index in [0.29, 0.717) is 0 Å². The van der Waals surface area contributed by atoms with Crippen LogP contribution in [0.5, 0.6) is 0 Å². The Morgan fingerprint density at radius 2 is 1.64 bits per heavy atom. The summed E-state index contributed by atoms with van der Waals surface area (Å²) in [6, 6.07) is 0. The second-order valence-corrected chi connectivity index (χ2v) is 3.95. The van der Waals surface area contributed by atoms with Crippen LogP contribution in [0.4, 0.5) is 0 Å². The predicted molar refractivity (Wildman–Crippen MR) is 43.2 cm³/mol. The monoisotopic (exact) mass is 162 g/mol. The molecule has 0 heterocycles. The molecule has 0 aliphatic heterocycles. The van der Waals surface area contributed by atoms with Gasteiger partial charge in [0.05, 0.1) is 18.8 Å².